The van der Waals surface area contributed by atoms with Crippen LogP contribution >= 0.6 is 0 Å². The fraction of sp³-hybridized carbons (Fsp3) is 0.111. The third-order valence-corrected chi connectivity index (χ3v) is 1.81. The summed E-state index contributed by atoms with van der Waals surface area (Å²) in [5.74, 6) is 1.07. The van der Waals surface area contributed by atoms with E-state index in [2.05, 4.69) is 10.1 Å². The number of aryl methyl sites for hydroxylation is 1. The summed E-state index contributed by atoms with van der Waals surface area (Å²) in [6.07, 6.45) is 3.48. The van der Waals surface area contributed by atoms with E-state index in [-0.39, 0.29) is 0 Å². The molecule has 0 aromatic carbocycles. The van der Waals surface area contributed by atoms with Gasteiger partial charge in [0.2, 0.25) is 0 Å². The zero-order valence-electron chi connectivity index (χ0n) is 7.19. The van der Waals surface area contributed by atoms with E-state index >= 15 is 0 Å². The minimum Gasteiger partial charge on any atom is -0.381 e. The largest absolute Gasteiger partial charge is 0.381 e. The molecule has 13 heavy (non-hydrogen) atoms. The first-order chi connectivity index (χ1) is 6.27. The summed E-state index contributed by atoms with van der Waals surface area (Å²) in [7, 11) is 0. The lowest BCUT2D eigenvalue weighted by atomic mass is 10.1. The molecule has 2 rings (SSSR count). The van der Waals surface area contributed by atoms with Crippen LogP contribution in [-0.4, -0.2) is 10.1 Å². The second-order valence-corrected chi connectivity index (χ2v) is 2.81. The number of hydrogen-bond donors (Lipinski definition) is 1. The molecule has 0 atom stereocenters. The van der Waals surface area contributed by atoms with Gasteiger partial charge in [0.05, 0.1) is 0 Å². The molecule has 0 aliphatic heterocycles. The van der Waals surface area contributed by atoms with E-state index in [0.717, 1.165) is 11.1 Å². The molecule has 0 spiro atoms. The highest BCUT2D eigenvalue weighted by atomic mass is 16.5. The molecule has 0 fully saturated rings. The molecule has 2 heterocycles. The summed E-state index contributed by atoms with van der Waals surface area (Å²) < 4.78 is 5.03. The third-order valence-electron chi connectivity index (χ3n) is 1.81. The molecular weight excluding hydrogens is 166 g/mol. The first-order valence-corrected chi connectivity index (χ1v) is 3.90. The van der Waals surface area contributed by atoms with Crippen LogP contribution in [0.2, 0.25) is 0 Å². The van der Waals surface area contributed by atoms with Crippen molar-refractivity contribution in [1.29, 1.82) is 0 Å². The highest BCUT2D eigenvalue weighted by Crippen LogP contribution is 2.23. The molecule has 0 unspecified atom stereocenters. The summed E-state index contributed by atoms with van der Waals surface area (Å²) in [6, 6.07) is 3.57. The highest BCUT2D eigenvalue weighted by molar-refractivity contribution is 5.62. The number of hydrogen-bond acceptors (Lipinski definition) is 4. The molecular formula is C9H9N3O. The first-order valence-electron chi connectivity index (χ1n) is 3.90. The normalized spacial score (nSPS) is 10.2. The van der Waals surface area contributed by atoms with Gasteiger partial charge in [-0.2, -0.15) is 0 Å². The molecule has 2 aromatic rings. The number of aromatic nitrogens is 2. The Morgan fingerprint density at radius 3 is 2.92 bits per heavy atom. The number of nitrogen functional groups attached to an aromatic ring is 1. The lowest BCUT2D eigenvalue weighted by Crippen LogP contribution is -1.82. The van der Waals surface area contributed by atoms with Gasteiger partial charge in [-0.25, -0.2) is 0 Å². The zero-order valence-corrected chi connectivity index (χ0v) is 7.19. The Hall–Kier alpha value is -1.84. The van der Waals surface area contributed by atoms with Crippen molar-refractivity contribution in [1.82, 2.24) is 10.1 Å². The van der Waals surface area contributed by atoms with Gasteiger partial charge >= 0.3 is 0 Å². The molecule has 0 saturated heterocycles. The summed E-state index contributed by atoms with van der Waals surface area (Å²) >= 11 is 0. The summed E-state index contributed by atoms with van der Waals surface area (Å²) in [5, 5.41) is 3.62. The average molecular weight is 175 g/mol. The van der Waals surface area contributed by atoms with E-state index in [1.54, 1.807) is 18.5 Å². The fourth-order valence-electron chi connectivity index (χ4n) is 1.17. The van der Waals surface area contributed by atoms with Gasteiger partial charge in [-0.15, -0.1) is 0 Å². The number of pyridine rings is 1. The standard InChI is InChI=1S/C9H9N3O/c1-6-5-11-3-2-7(6)8-4-9(10)12-13-8/h2-5H,1H3,(H2,10,12). The molecule has 0 saturated carbocycles. The van der Waals surface area contributed by atoms with E-state index in [0.29, 0.717) is 11.6 Å². The van der Waals surface area contributed by atoms with Crippen LogP contribution in [0.25, 0.3) is 11.3 Å². The van der Waals surface area contributed by atoms with Gasteiger partial charge in [0, 0.05) is 24.0 Å². The van der Waals surface area contributed by atoms with E-state index < -0.39 is 0 Å². The Morgan fingerprint density at radius 1 is 1.46 bits per heavy atom. The molecule has 0 radical (unpaired) electrons. The van der Waals surface area contributed by atoms with Gasteiger partial charge in [0.1, 0.15) is 0 Å². The van der Waals surface area contributed by atoms with Gasteiger partial charge in [-0.1, -0.05) is 5.16 Å². The van der Waals surface area contributed by atoms with Crippen molar-refractivity contribution in [2.24, 2.45) is 0 Å². The molecule has 66 valence electrons. The predicted molar refractivity (Wildman–Crippen MR) is 48.9 cm³/mol. The van der Waals surface area contributed by atoms with Crippen LogP contribution in [0.1, 0.15) is 5.56 Å². The van der Waals surface area contributed by atoms with Crippen molar-refractivity contribution in [2.45, 2.75) is 6.92 Å². The Balaban J connectivity index is 2.52. The van der Waals surface area contributed by atoms with E-state index in [1.807, 2.05) is 13.0 Å². The number of anilines is 1. The third kappa shape index (κ3) is 1.38. The summed E-state index contributed by atoms with van der Waals surface area (Å²) in [6.45, 7) is 1.96. The minimum atomic E-state index is 0.395. The topological polar surface area (TPSA) is 64.9 Å². The van der Waals surface area contributed by atoms with Crippen molar-refractivity contribution in [3.05, 3.63) is 30.1 Å². The average Bonchev–Trinajstić information content (AvgIpc) is 2.53. The molecule has 0 aliphatic carbocycles. The molecule has 4 heteroatoms. The fourth-order valence-corrected chi connectivity index (χ4v) is 1.17. The zero-order chi connectivity index (χ0) is 9.26. The van der Waals surface area contributed by atoms with Crippen molar-refractivity contribution < 1.29 is 4.52 Å². The van der Waals surface area contributed by atoms with Crippen LogP contribution < -0.4 is 5.73 Å². The van der Waals surface area contributed by atoms with Crippen LogP contribution in [0.4, 0.5) is 5.82 Å². The molecule has 0 bridgehead atoms. The van der Waals surface area contributed by atoms with E-state index in [9.17, 15) is 0 Å². The van der Waals surface area contributed by atoms with Gasteiger partial charge in [0.25, 0.3) is 0 Å². The lowest BCUT2D eigenvalue weighted by Gasteiger charge is -1.97. The maximum Gasteiger partial charge on any atom is 0.169 e. The smallest absolute Gasteiger partial charge is 0.169 e. The van der Waals surface area contributed by atoms with Crippen LogP contribution in [0.5, 0.6) is 0 Å². The molecule has 0 amide bonds. The minimum absolute atomic E-state index is 0.395. The van der Waals surface area contributed by atoms with Gasteiger partial charge in [0.15, 0.2) is 11.6 Å². The van der Waals surface area contributed by atoms with Crippen LogP contribution in [0.3, 0.4) is 0 Å². The quantitative estimate of drug-likeness (QED) is 0.715. The molecule has 2 N–H and O–H groups in total. The Kier molecular flexibility index (Phi) is 1.73. The monoisotopic (exact) mass is 175 g/mol. The lowest BCUT2D eigenvalue weighted by molar-refractivity contribution is 0.435. The van der Waals surface area contributed by atoms with Crippen molar-refractivity contribution in [3.63, 3.8) is 0 Å². The second-order valence-electron chi connectivity index (χ2n) is 2.81. The van der Waals surface area contributed by atoms with Gasteiger partial charge in [-0.05, 0) is 18.6 Å². The second kappa shape index (κ2) is 2.90. The Labute approximate surface area is 75.4 Å². The predicted octanol–water partition coefficient (Wildman–Crippen LogP) is 1.63. The van der Waals surface area contributed by atoms with Crippen LogP contribution in [0.15, 0.2) is 29.0 Å². The van der Waals surface area contributed by atoms with Crippen molar-refractivity contribution in [3.8, 4) is 11.3 Å². The van der Waals surface area contributed by atoms with E-state index in [1.165, 1.54) is 0 Å². The maximum absolute atomic E-state index is 5.45. The van der Waals surface area contributed by atoms with Gasteiger partial charge < -0.3 is 10.3 Å². The summed E-state index contributed by atoms with van der Waals surface area (Å²) in [4.78, 5) is 3.98. The van der Waals surface area contributed by atoms with E-state index in [4.69, 9.17) is 10.3 Å². The summed E-state index contributed by atoms with van der Waals surface area (Å²) in [5.41, 5.74) is 7.46. The maximum atomic E-state index is 5.45. The number of nitrogens with two attached hydrogens (primary N) is 1. The molecule has 0 aliphatic rings. The number of nitrogens with zero attached hydrogens (tertiary/aromatic N) is 2. The molecule has 2 aromatic heterocycles. The molecule has 4 nitrogen and oxygen atoms in total. The van der Waals surface area contributed by atoms with Crippen LogP contribution in [-0.2, 0) is 0 Å². The number of rotatable bonds is 1. The van der Waals surface area contributed by atoms with Crippen LogP contribution in [0, 0.1) is 6.92 Å². The van der Waals surface area contributed by atoms with Crippen molar-refractivity contribution >= 4 is 5.82 Å². The Morgan fingerprint density at radius 2 is 2.31 bits per heavy atom. The van der Waals surface area contributed by atoms with Crippen molar-refractivity contribution in [2.75, 3.05) is 5.73 Å². The Bertz CT molecular complexity index is 422. The SMILES string of the molecule is Cc1cnccc1-c1cc(N)no1. The first kappa shape index (κ1) is 7.79. The van der Waals surface area contributed by atoms with Gasteiger partial charge in [-0.3, -0.25) is 4.98 Å². The highest BCUT2D eigenvalue weighted by Gasteiger charge is 2.06.